The molecule has 1 aromatic carbocycles. The lowest BCUT2D eigenvalue weighted by molar-refractivity contribution is -0.135. The minimum Gasteiger partial charge on any atom is -0.489 e. The molecular weight excluding hydrogens is 418 g/mol. The van der Waals surface area contributed by atoms with Crippen LogP contribution >= 0.6 is 0 Å². The van der Waals surface area contributed by atoms with E-state index in [-0.39, 0.29) is 12.0 Å². The molecule has 0 radical (unpaired) electrons. The molecule has 8 nitrogen and oxygen atoms in total. The average molecular weight is 444 g/mol. The Morgan fingerprint density at radius 2 is 2.03 bits per heavy atom. The third-order valence-corrected chi connectivity index (χ3v) is 5.66. The number of pyridine rings is 1. The predicted molar refractivity (Wildman–Crippen MR) is 121 cm³/mol. The quantitative estimate of drug-likeness (QED) is 0.623. The number of ether oxygens (including phenoxy) is 1. The van der Waals surface area contributed by atoms with Crippen molar-refractivity contribution in [3.8, 4) is 23.1 Å². The van der Waals surface area contributed by atoms with E-state index in [9.17, 15) is 10.1 Å². The maximum absolute atomic E-state index is 11.6. The van der Waals surface area contributed by atoms with Gasteiger partial charge in [0.05, 0.1) is 11.3 Å². The minimum absolute atomic E-state index is 0.0838. The van der Waals surface area contributed by atoms with E-state index in [4.69, 9.17) is 9.84 Å². The number of aryl methyl sites for hydroxylation is 1. The van der Waals surface area contributed by atoms with Crippen LogP contribution in [0.4, 0.5) is 0 Å². The van der Waals surface area contributed by atoms with Gasteiger partial charge in [0, 0.05) is 56.0 Å². The van der Waals surface area contributed by atoms with E-state index in [1.807, 2.05) is 37.4 Å². The first-order valence-electron chi connectivity index (χ1n) is 10.9. The zero-order valence-electron chi connectivity index (χ0n) is 18.4. The van der Waals surface area contributed by atoms with Gasteiger partial charge >= 0.3 is 0 Å². The van der Waals surface area contributed by atoms with Gasteiger partial charge in [0.2, 0.25) is 5.91 Å². The number of nitriles is 1. The Hall–Kier alpha value is -3.83. The van der Waals surface area contributed by atoms with E-state index in [1.54, 1.807) is 23.2 Å². The molecule has 33 heavy (non-hydrogen) atoms. The number of aliphatic hydroxyl groups excluding tert-OH is 1. The lowest BCUT2D eigenvalue weighted by atomic mass is 10.1. The van der Waals surface area contributed by atoms with E-state index in [2.05, 4.69) is 21.0 Å². The maximum atomic E-state index is 11.6. The molecule has 3 heterocycles. The number of likely N-dealkylation sites (tertiary alicyclic amines) is 1. The van der Waals surface area contributed by atoms with Gasteiger partial charge in [0.15, 0.2) is 0 Å². The van der Waals surface area contributed by atoms with E-state index >= 15 is 0 Å². The number of aliphatic hydroxyl groups is 1. The van der Waals surface area contributed by atoms with Crippen molar-refractivity contribution < 1.29 is 14.6 Å². The monoisotopic (exact) mass is 443 g/mol. The summed E-state index contributed by atoms with van der Waals surface area (Å²) in [4.78, 5) is 26.6. The molecule has 8 heteroatoms. The Morgan fingerprint density at radius 1 is 1.21 bits per heavy atom. The number of rotatable bonds is 6. The molecule has 0 aliphatic carbocycles. The zero-order chi connectivity index (χ0) is 23.2. The molecule has 0 unspecified atom stereocenters. The first kappa shape index (κ1) is 22.4. The van der Waals surface area contributed by atoms with Crippen molar-refractivity contribution >= 4 is 5.91 Å². The highest BCUT2D eigenvalue weighted by atomic mass is 16.5. The van der Waals surface area contributed by atoms with Crippen LogP contribution in [-0.4, -0.2) is 56.7 Å². The van der Waals surface area contributed by atoms with Crippen LogP contribution in [0.15, 0.2) is 48.8 Å². The van der Waals surface area contributed by atoms with Crippen molar-refractivity contribution in [2.24, 2.45) is 0 Å². The minimum atomic E-state index is -0.474. The molecule has 168 valence electrons. The largest absolute Gasteiger partial charge is 0.489 e. The number of hydrogen-bond acceptors (Lipinski definition) is 7. The number of carbonyl (C=O) groups is 1. The van der Waals surface area contributed by atoms with Gasteiger partial charge in [-0.25, -0.2) is 9.97 Å². The number of benzene rings is 1. The van der Waals surface area contributed by atoms with Crippen LogP contribution in [-0.2, 0) is 11.2 Å². The normalized spacial score (nSPS) is 14.0. The van der Waals surface area contributed by atoms with Gasteiger partial charge in [0.25, 0.3) is 0 Å². The van der Waals surface area contributed by atoms with Gasteiger partial charge in [-0.3, -0.25) is 9.78 Å². The fourth-order valence-corrected chi connectivity index (χ4v) is 3.81. The van der Waals surface area contributed by atoms with Gasteiger partial charge in [-0.1, -0.05) is 6.07 Å². The van der Waals surface area contributed by atoms with Crippen LogP contribution in [0.3, 0.4) is 0 Å². The average Bonchev–Trinajstić information content (AvgIpc) is 2.86. The molecule has 0 saturated carbocycles. The Bertz CT molecular complexity index is 1170. The number of nitrogens with zero attached hydrogens (tertiary/aromatic N) is 5. The van der Waals surface area contributed by atoms with Crippen molar-refractivity contribution in [2.75, 3.05) is 19.7 Å². The first-order chi connectivity index (χ1) is 16.1. The molecule has 0 atom stereocenters. The Kier molecular flexibility index (Phi) is 6.91. The molecule has 1 saturated heterocycles. The summed E-state index contributed by atoms with van der Waals surface area (Å²) >= 11 is 0. The molecule has 1 N–H and O–H groups in total. The smallest absolute Gasteiger partial charge is 0.248 e. The van der Waals surface area contributed by atoms with Crippen molar-refractivity contribution in [3.63, 3.8) is 0 Å². The summed E-state index contributed by atoms with van der Waals surface area (Å²) in [6, 6.07) is 13.5. The van der Waals surface area contributed by atoms with Crippen LogP contribution < -0.4 is 4.74 Å². The number of amides is 1. The summed E-state index contributed by atoms with van der Waals surface area (Å²) in [5.41, 5.74) is 3.98. The molecule has 0 bridgehead atoms. The number of piperidine rings is 1. The molecule has 2 aromatic heterocycles. The highest BCUT2D eigenvalue weighted by Gasteiger charge is 2.24. The molecule has 1 aliphatic heterocycles. The Balaban J connectivity index is 1.46. The lowest BCUT2D eigenvalue weighted by Gasteiger charge is -2.32. The standard InChI is InChI=1S/C25H25N5O3/c1-17-2-3-18(15-28-17)12-24-27-9-6-22(29-24)19-4-5-23(20(13-19)14-26)33-21-7-10-30(11-8-21)25(32)16-31/h2-6,9,13,15,21,31H,7-8,10-12,16H2,1H3. The highest BCUT2D eigenvalue weighted by molar-refractivity contribution is 5.77. The topological polar surface area (TPSA) is 112 Å². The second-order valence-electron chi connectivity index (χ2n) is 8.02. The van der Waals surface area contributed by atoms with E-state index in [0.717, 1.165) is 22.5 Å². The fraction of sp³-hybridized carbons (Fsp3) is 0.320. The molecule has 4 rings (SSSR count). The molecule has 1 amide bonds. The van der Waals surface area contributed by atoms with Crippen LogP contribution in [0.5, 0.6) is 5.75 Å². The molecule has 1 aliphatic rings. The third kappa shape index (κ3) is 5.51. The van der Waals surface area contributed by atoms with Crippen LogP contribution in [0.25, 0.3) is 11.3 Å². The van der Waals surface area contributed by atoms with Crippen LogP contribution in [0.1, 0.15) is 35.5 Å². The maximum Gasteiger partial charge on any atom is 0.248 e. The summed E-state index contributed by atoms with van der Waals surface area (Å²) in [6.45, 7) is 2.54. The van der Waals surface area contributed by atoms with Crippen molar-refractivity contribution in [1.82, 2.24) is 19.9 Å². The van der Waals surface area contributed by atoms with Crippen LogP contribution in [0.2, 0.25) is 0 Å². The highest BCUT2D eigenvalue weighted by Crippen LogP contribution is 2.28. The molecule has 3 aromatic rings. The SMILES string of the molecule is Cc1ccc(Cc2nccc(-c3ccc(OC4CCN(C(=O)CO)CC4)c(C#N)c3)n2)cn1. The van der Waals surface area contributed by atoms with Gasteiger partial charge < -0.3 is 14.7 Å². The fourth-order valence-electron chi connectivity index (χ4n) is 3.81. The van der Waals surface area contributed by atoms with E-state index in [1.165, 1.54) is 0 Å². The van der Waals surface area contributed by atoms with Gasteiger partial charge in [-0.2, -0.15) is 5.26 Å². The zero-order valence-corrected chi connectivity index (χ0v) is 18.4. The Labute approximate surface area is 192 Å². The van der Waals surface area contributed by atoms with Gasteiger partial charge in [-0.05, 0) is 42.8 Å². The molecule has 0 spiro atoms. The van der Waals surface area contributed by atoms with Gasteiger partial charge in [0.1, 0.15) is 30.4 Å². The summed E-state index contributed by atoms with van der Waals surface area (Å²) in [5.74, 6) is 0.938. The summed E-state index contributed by atoms with van der Waals surface area (Å²) in [5, 5.41) is 18.7. The summed E-state index contributed by atoms with van der Waals surface area (Å²) < 4.78 is 6.08. The van der Waals surface area contributed by atoms with Crippen molar-refractivity contribution in [2.45, 2.75) is 32.3 Å². The summed E-state index contributed by atoms with van der Waals surface area (Å²) in [7, 11) is 0. The number of carbonyl (C=O) groups excluding carboxylic acids is 1. The number of hydrogen-bond donors (Lipinski definition) is 1. The molecular formula is C25H25N5O3. The molecule has 1 fully saturated rings. The Morgan fingerprint density at radius 3 is 2.73 bits per heavy atom. The second kappa shape index (κ2) is 10.2. The van der Waals surface area contributed by atoms with Crippen molar-refractivity contribution in [1.29, 1.82) is 5.26 Å². The first-order valence-corrected chi connectivity index (χ1v) is 10.9. The van der Waals surface area contributed by atoms with E-state index < -0.39 is 6.61 Å². The third-order valence-electron chi connectivity index (χ3n) is 5.66. The van der Waals surface area contributed by atoms with Crippen LogP contribution in [0, 0.1) is 18.3 Å². The van der Waals surface area contributed by atoms with Crippen molar-refractivity contribution in [3.05, 3.63) is 71.4 Å². The second-order valence-corrected chi connectivity index (χ2v) is 8.02. The summed E-state index contributed by atoms with van der Waals surface area (Å²) in [6.07, 6.45) is 5.35. The predicted octanol–water partition coefficient (Wildman–Crippen LogP) is 2.67. The van der Waals surface area contributed by atoms with Gasteiger partial charge in [-0.15, -0.1) is 0 Å². The number of aromatic nitrogens is 3. The van der Waals surface area contributed by atoms with E-state index in [0.29, 0.717) is 49.5 Å². The lowest BCUT2D eigenvalue weighted by Crippen LogP contribution is -2.42.